The molecule has 0 heterocycles. The lowest BCUT2D eigenvalue weighted by atomic mass is 10.1. The highest BCUT2D eigenvalue weighted by molar-refractivity contribution is 6.39. The van der Waals surface area contributed by atoms with Crippen molar-refractivity contribution >= 4 is 17.6 Å². The summed E-state index contributed by atoms with van der Waals surface area (Å²) in [6, 6.07) is -0.339. The van der Waals surface area contributed by atoms with Crippen LogP contribution >= 0.6 is 0 Å². The van der Waals surface area contributed by atoms with Crippen molar-refractivity contribution in [1.82, 2.24) is 4.90 Å². The molecule has 0 fully saturated rings. The highest BCUT2D eigenvalue weighted by atomic mass is 16.2. The number of ketones is 1. The predicted molar refractivity (Wildman–Crippen MR) is 74.3 cm³/mol. The van der Waals surface area contributed by atoms with Gasteiger partial charge in [0.15, 0.2) is 0 Å². The molecular formula is C14H24N2O3. The zero-order valence-corrected chi connectivity index (χ0v) is 12.2. The summed E-state index contributed by atoms with van der Waals surface area (Å²) >= 11 is 0. The topological polar surface area (TPSA) is 80.5 Å². The summed E-state index contributed by atoms with van der Waals surface area (Å²) in [6.07, 6.45) is 3.34. The van der Waals surface area contributed by atoms with Crippen LogP contribution in [0.1, 0.15) is 47.0 Å². The number of Topliss-reactive ketones (excluding diaryl/α,β-unsaturated/α-hetero) is 1. The molecule has 0 unspecified atom stereocenters. The van der Waals surface area contributed by atoms with Gasteiger partial charge in [-0.05, 0) is 40.2 Å². The lowest BCUT2D eigenvalue weighted by Gasteiger charge is -2.24. The van der Waals surface area contributed by atoms with E-state index < -0.39 is 17.6 Å². The van der Waals surface area contributed by atoms with Crippen LogP contribution in [0.2, 0.25) is 0 Å². The Labute approximate surface area is 114 Å². The molecule has 0 radical (unpaired) electrons. The van der Waals surface area contributed by atoms with Crippen LogP contribution in [0.3, 0.4) is 0 Å². The van der Waals surface area contributed by atoms with E-state index >= 15 is 0 Å². The number of carbonyl (C=O) groups is 3. The molecule has 0 atom stereocenters. The summed E-state index contributed by atoms with van der Waals surface area (Å²) in [5.41, 5.74) is 5.85. The van der Waals surface area contributed by atoms with Crippen molar-refractivity contribution < 1.29 is 14.4 Å². The second-order valence-electron chi connectivity index (χ2n) is 4.67. The minimum atomic E-state index is -0.728. The molecule has 0 spiro atoms. The van der Waals surface area contributed by atoms with Gasteiger partial charge >= 0.3 is 0 Å². The molecule has 19 heavy (non-hydrogen) atoms. The molecule has 0 aliphatic heterocycles. The van der Waals surface area contributed by atoms with Gasteiger partial charge in [0.25, 0.3) is 11.8 Å². The summed E-state index contributed by atoms with van der Waals surface area (Å²) in [5, 5.41) is 0. The van der Waals surface area contributed by atoms with Crippen LogP contribution < -0.4 is 5.73 Å². The van der Waals surface area contributed by atoms with E-state index in [9.17, 15) is 14.4 Å². The summed E-state index contributed by atoms with van der Waals surface area (Å²) in [6.45, 7) is 7.24. The SMILES string of the molecule is CCC(=O)C(=O)N(C(=O)C(C)=CCCCN)C(C)C. The molecule has 5 nitrogen and oxygen atoms in total. The van der Waals surface area contributed by atoms with Crippen LogP contribution in [0.5, 0.6) is 0 Å². The number of nitrogens with two attached hydrogens (primary N) is 1. The number of rotatable bonds is 7. The first-order chi connectivity index (χ1) is 8.86. The van der Waals surface area contributed by atoms with E-state index in [2.05, 4.69) is 0 Å². The normalized spacial score (nSPS) is 11.6. The first kappa shape index (κ1) is 17.5. The van der Waals surface area contributed by atoms with Crippen LogP contribution in [0.4, 0.5) is 0 Å². The Morgan fingerprint density at radius 2 is 1.79 bits per heavy atom. The van der Waals surface area contributed by atoms with Crippen LogP contribution in [0.15, 0.2) is 11.6 Å². The summed E-state index contributed by atoms with van der Waals surface area (Å²) in [4.78, 5) is 36.6. The van der Waals surface area contributed by atoms with Gasteiger partial charge in [-0.25, -0.2) is 0 Å². The van der Waals surface area contributed by atoms with Gasteiger partial charge in [0.1, 0.15) is 0 Å². The zero-order chi connectivity index (χ0) is 15.0. The Morgan fingerprint density at radius 3 is 2.21 bits per heavy atom. The standard InChI is InChI=1S/C14H24N2O3/c1-5-12(17)14(19)16(10(2)3)13(18)11(4)8-6-7-9-15/h8,10H,5-7,9,15H2,1-4H3. The Hall–Kier alpha value is -1.49. The molecule has 5 heteroatoms. The lowest BCUT2D eigenvalue weighted by molar-refractivity contribution is -0.151. The van der Waals surface area contributed by atoms with Gasteiger partial charge in [-0.2, -0.15) is 0 Å². The second-order valence-corrected chi connectivity index (χ2v) is 4.67. The molecule has 0 bridgehead atoms. The third kappa shape index (κ3) is 5.34. The lowest BCUT2D eigenvalue weighted by Crippen LogP contribution is -2.45. The van der Waals surface area contributed by atoms with E-state index in [0.717, 1.165) is 11.3 Å². The first-order valence-electron chi connectivity index (χ1n) is 6.64. The number of amides is 2. The highest BCUT2D eigenvalue weighted by Crippen LogP contribution is 2.09. The number of imide groups is 1. The van der Waals surface area contributed by atoms with E-state index in [1.807, 2.05) is 0 Å². The third-order valence-electron chi connectivity index (χ3n) is 2.71. The molecule has 0 aliphatic rings. The molecule has 2 amide bonds. The van der Waals surface area contributed by atoms with Crippen LogP contribution in [-0.4, -0.2) is 35.1 Å². The third-order valence-corrected chi connectivity index (χ3v) is 2.71. The fraction of sp³-hybridized carbons (Fsp3) is 0.643. The Kier molecular flexibility index (Phi) is 7.91. The van der Waals surface area contributed by atoms with Crippen molar-refractivity contribution in [2.24, 2.45) is 5.73 Å². The first-order valence-corrected chi connectivity index (χ1v) is 6.64. The van der Waals surface area contributed by atoms with Crippen molar-refractivity contribution in [2.75, 3.05) is 6.54 Å². The number of hydrogen-bond acceptors (Lipinski definition) is 4. The molecule has 0 saturated carbocycles. The summed E-state index contributed by atoms with van der Waals surface area (Å²) in [5.74, 6) is -1.68. The van der Waals surface area contributed by atoms with Crippen LogP contribution in [0.25, 0.3) is 0 Å². The van der Waals surface area contributed by atoms with Gasteiger partial charge in [0.05, 0.1) is 0 Å². The van der Waals surface area contributed by atoms with Gasteiger partial charge in [-0.3, -0.25) is 19.3 Å². The summed E-state index contributed by atoms with van der Waals surface area (Å²) in [7, 11) is 0. The van der Waals surface area contributed by atoms with Gasteiger partial charge in [0, 0.05) is 18.0 Å². The van der Waals surface area contributed by atoms with Gasteiger partial charge < -0.3 is 5.73 Å². The fourth-order valence-electron chi connectivity index (χ4n) is 1.56. The predicted octanol–water partition coefficient (Wildman–Crippen LogP) is 1.41. The van der Waals surface area contributed by atoms with Gasteiger partial charge in [-0.15, -0.1) is 0 Å². The monoisotopic (exact) mass is 268 g/mol. The second kappa shape index (κ2) is 8.58. The van der Waals surface area contributed by atoms with E-state index in [-0.39, 0.29) is 12.5 Å². The molecule has 0 aromatic heterocycles. The van der Waals surface area contributed by atoms with E-state index in [1.54, 1.807) is 33.8 Å². The number of carbonyl (C=O) groups excluding carboxylic acids is 3. The number of nitrogens with zero attached hydrogens (tertiary/aromatic N) is 1. The van der Waals surface area contributed by atoms with Crippen molar-refractivity contribution in [2.45, 2.75) is 53.0 Å². The minimum absolute atomic E-state index is 0.102. The van der Waals surface area contributed by atoms with E-state index in [0.29, 0.717) is 18.5 Å². The average molecular weight is 268 g/mol. The molecule has 0 saturated heterocycles. The quantitative estimate of drug-likeness (QED) is 0.430. The smallest absolute Gasteiger partial charge is 0.297 e. The maximum absolute atomic E-state index is 12.2. The fourth-order valence-corrected chi connectivity index (χ4v) is 1.56. The maximum atomic E-state index is 12.2. The molecule has 108 valence electrons. The van der Waals surface area contributed by atoms with E-state index in [4.69, 9.17) is 5.73 Å². The van der Waals surface area contributed by atoms with Crippen LogP contribution in [-0.2, 0) is 14.4 Å². The number of hydrogen-bond donors (Lipinski definition) is 1. The molecule has 0 rings (SSSR count). The number of unbranched alkanes of at least 4 members (excludes halogenated alkanes) is 1. The molecule has 2 N–H and O–H groups in total. The maximum Gasteiger partial charge on any atom is 0.297 e. The Balaban J connectivity index is 4.99. The summed E-state index contributed by atoms with van der Waals surface area (Å²) < 4.78 is 0. The average Bonchev–Trinajstić information content (AvgIpc) is 2.37. The van der Waals surface area contributed by atoms with Crippen molar-refractivity contribution in [3.8, 4) is 0 Å². The molecule has 0 aromatic rings. The Morgan fingerprint density at radius 1 is 1.21 bits per heavy atom. The zero-order valence-electron chi connectivity index (χ0n) is 12.2. The van der Waals surface area contributed by atoms with Crippen LogP contribution in [0, 0.1) is 0 Å². The van der Waals surface area contributed by atoms with Crippen molar-refractivity contribution in [3.05, 3.63) is 11.6 Å². The number of allylic oxidation sites excluding steroid dienone is 1. The van der Waals surface area contributed by atoms with Gasteiger partial charge in [-0.1, -0.05) is 13.0 Å². The molecular weight excluding hydrogens is 244 g/mol. The van der Waals surface area contributed by atoms with Crippen molar-refractivity contribution in [1.29, 1.82) is 0 Å². The Bertz CT molecular complexity index is 373. The highest BCUT2D eigenvalue weighted by Gasteiger charge is 2.29. The van der Waals surface area contributed by atoms with Gasteiger partial charge in [0.2, 0.25) is 5.78 Å². The molecule has 0 aromatic carbocycles. The van der Waals surface area contributed by atoms with E-state index in [1.165, 1.54) is 0 Å². The largest absolute Gasteiger partial charge is 0.330 e. The minimum Gasteiger partial charge on any atom is -0.330 e. The molecule has 0 aliphatic carbocycles. The van der Waals surface area contributed by atoms with Crippen molar-refractivity contribution in [3.63, 3.8) is 0 Å².